The minimum Gasteiger partial charge on any atom is -0.460 e. The fourth-order valence-corrected chi connectivity index (χ4v) is 5.51. The summed E-state index contributed by atoms with van der Waals surface area (Å²) in [5.41, 5.74) is -0.651. The lowest BCUT2D eigenvalue weighted by Gasteiger charge is -2.58. The molecule has 6 nitrogen and oxygen atoms in total. The van der Waals surface area contributed by atoms with Crippen LogP contribution in [0.1, 0.15) is 44.1 Å². The first kappa shape index (κ1) is 15.6. The SMILES string of the molecule is O=C(OCc1cccc([N+](=O)[O-])c1)C12CC3CC(CC(O)(C3)C1)C2. The van der Waals surface area contributed by atoms with Crippen LogP contribution in [0.5, 0.6) is 0 Å². The van der Waals surface area contributed by atoms with Crippen molar-refractivity contribution in [2.45, 2.75) is 50.7 Å². The molecule has 128 valence electrons. The van der Waals surface area contributed by atoms with Crippen LogP contribution < -0.4 is 0 Å². The van der Waals surface area contributed by atoms with Gasteiger partial charge in [0, 0.05) is 12.1 Å². The molecule has 5 rings (SSSR count). The molecule has 4 bridgehead atoms. The third-order valence-electron chi connectivity index (χ3n) is 5.95. The van der Waals surface area contributed by atoms with Gasteiger partial charge in [-0.3, -0.25) is 14.9 Å². The van der Waals surface area contributed by atoms with E-state index >= 15 is 0 Å². The molecule has 2 unspecified atom stereocenters. The van der Waals surface area contributed by atoms with E-state index in [2.05, 4.69) is 0 Å². The van der Waals surface area contributed by atoms with Crippen molar-refractivity contribution < 1.29 is 19.6 Å². The third-order valence-corrected chi connectivity index (χ3v) is 5.95. The lowest BCUT2D eigenvalue weighted by Crippen LogP contribution is -2.58. The molecule has 0 amide bonds. The number of benzene rings is 1. The van der Waals surface area contributed by atoms with Crippen molar-refractivity contribution in [3.8, 4) is 0 Å². The Morgan fingerprint density at radius 3 is 2.62 bits per heavy atom. The topological polar surface area (TPSA) is 89.7 Å². The van der Waals surface area contributed by atoms with Crippen LogP contribution >= 0.6 is 0 Å². The highest BCUT2D eigenvalue weighted by Gasteiger charge is 2.60. The van der Waals surface area contributed by atoms with Crippen LogP contribution in [0.4, 0.5) is 5.69 Å². The molecule has 2 atom stereocenters. The van der Waals surface area contributed by atoms with Crippen LogP contribution in [0.15, 0.2) is 24.3 Å². The summed E-state index contributed by atoms with van der Waals surface area (Å²) >= 11 is 0. The second kappa shape index (κ2) is 5.28. The molecule has 24 heavy (non-hydrogen) atoms. The largest absolute Gasteiger partial charge is 0.460 e. The Kier molecular flexibility index (Phi) is 3.42. The molecule has 4 fully saturated rings. The maximum Gasteiger partial charge on any atom is 0.312 e. The van der Waals surface area contributed by atoms with Gasteiger partial charge in [-0.2, -0.15) is 0 Å². The van der Waals surface area contributed by atoms with Gasteiger partial charge in [-0.15, -0.1) is 0 Å². The van der Waals surface area contributed by atoms with Gasteiger partial charge in [0.1, 0.15) is 6.61 Å². The Morgan fingerprint density at radius 1 is 1.29 bits per heavy atom. The number of carbonyl (C=O) groups is 1. The number of nitrogens with zero attached hydrogens (tertiary/aromatic N) is 1. The third kappa shape index (κ3) is 2.59. The second-order valence-corrected chi connectivity index (χ2v) is 7.97. The van der Waals surface area contributed by atoms with Crippen LogP contribution in [0.25, 0.3) is 0 Å². The molecule has 0 aromatic heterocycles. The number of aliphatic hydroxyl groups is 1. The van der Waals surface area contributed by atoms with E-state index in [1.165, 1.54) is 12.1 Å². The predicted octanol–water partition coefficient (Wildman–Crippen LogP) is 2.97. The number of rotatable bonds is 4. The van der Waals surface area contributed by atoms with Gasteiger partial charge in [-0.05, 0) is 55.9 Å². The number of non-ortho nitro benzene ring substituents is 1. The first-order valence-electron chi connectivity index (χ1n) is 8.51. The van der Waals surface area contributed by atoms with Gasteiger partial charge >= 0.3 is 5.97 Å². The van der Waals surface area contributed by atoms with E-state index in [9.17, 15) is 20.0 Å². The quantitative estimate of drug-likeness (QED) is 0.520. The van der Waals surface area contributed by atoms with Crippen molar-refractivity contribution in [1.82, 2.24) is 0 Å². The average molecular weight is 331 g/mol. The van der Waals surface area contributed by atoms with E-state index < -0.39 is 15.9 Å². The minimum absolute atomic E-state index is 0.00679. The number of carbonyl (C=O) groups excluding carboxylic acids is 1. The number of ether oxygens (including phenoxy) is 1. The molecule has 0 radical (unpaired) electrons. The molecule has 1 aromatic rings. The molecule has 1 aromatic carbocycles. The highest BCUT2D eigenvalue weighted by molar-refractivity contribution is 5.77. The van der Waals surface area contributed by atoms with Crippen LogP contribution in [0.3, 0.4) is 0 Å². The van der Waals surface area contributed by atoms with Crippen molar-refractivity contribution >= 4 is 11.7 Å². The number of hydrogen-bond acceptors (Lipinski definition) is 5. The lowest BCUT2D eigenvalue weighted by molar-refractivity contribution is -0.384. The van der Waals surface area contributed by atoms with Gasteiger partial charge in [0.15, 0.2) is 0 Å². The highest BCUT2D eigenvalue weighted by Crippen LogP contribution is 2.62. The summed E-state index contributed by atoms with van der Waals surface area (Å²) in [5, 5.41) is 21.5. The van der Waals surface area contributed by atoms with Crippen molar-refractivity contribution in [3.63, 3.8) is 0 Å². The summed E-state index contributed by atoms with van der Waals surface area (Å²) in [6.07, 6.45) is 4.84. The lowest BCUT2D eigenvalue weighted by atomic mass is 9.48. The molecule has 4 saturated carbocycles. The fourth-order valence-electron chi connectivity index (χ4n) is 5.51. The van der Waals surface area contributed by atoms with Gasteiger partial charge in [-0.25, -0.2) is 0 Å². The van der Waals surface area contributed by atoms with Crippen LogP contribution in [-0.2, 0) is 16.1 Å². The summed E-state index contributed by atoms with van der Waals surface area (Å²) in [5.74, 6) is 0.588. The molecule has 4 aliphatic carbocycles. The van der Waals surface area contributed by atoms with E-state index in [0.717, 1.165) is 32.1 Å². The van der Waals surface area contributed by atoms with Gasteiger partial charge in [0.25, 0.3) is 5.69 Å². The molecular formula is C18H21NO5. The molecular weight excluding hydrogens is 310 g/mol. The van der Waals surface area contributed by atoms with Gasteiger partial charge in [0.2, 0.25) is 0 Å². The Morgan fingerprint density at radius 2 is 2.00 bits per heavy atom. The number of hydrogen-bond donors (Lipinski definition) is 1. The Labute approximate surface area is 140 Å². The van der Waals surface area contributed by atoms with Crippen molar-refractivity contribution in [2.24, 2.45) is 17.3 Å². The molecule has 0 heterocycles. The molecule has 6 heteroatoms. The van der Waals surface area contributed by atoms with E-state index in [1.807, 2.05) is 0 Å². The molecule has 4 aliphatic rings. The smallest absolute Gasteiger partial charge is 0.312 e. The number of nitro benzene ring substituents is 1. The van der Waals surface area contributed by atoms with Crippen LogP contribution in [0, 0.1) is 27.4 Å². The normalized spacial score (nSPS) is 36.5. The predicted molar refractivity (Wildman–Crippen MR) is 85.0 cm³/mol. The zero-order valence-corrected chi connectivity index (χ0v) is 13.4. The monoisotopic (exact) mass is 331 g/mol. The Hall–Kier alpha value is -1.95. The van der Waals surface area contributed by atoms with E-state index in [1.54, 1.807) is 12.1 Å². The van der Waals surface area contributed by atoms with Crippen LogP contribution in [-0.4, -0.2) is 21.6 Å². The fraction of sp³-hybridized carbons (Fsp3) is 0.611. The standard InChI is InChI=1S/C18H21NO5/c20-16(24-10-12-2-1-3-15(5-12)19(22)23)17-6-13-4-14(7-17)9-18(21,8-13)11-17/h1-3,5,13-14,21H,4,6-11H2. The van der Waals surface area contributed by atoms with Gasteiger partial charge in [-0.1, -0.05) is 12.1 Å². The first-order chi connectivity index (χ1) is 11.4. The molecule has 0 saturated heterocycles. The highest BCUT2D eigenvalue weighted by atomic mass is 16.6. The maximum absolute atomic E-state index is 12.8. The van der Waals surface area contributed by atoms with Crippen LogP contribution in [0.2, 0.25) is 0 Å². The molecule has 0 aliphatic heterocycles. The van der Waals surface area contributed by atoms with E-state index in [4.69, 9.17) is 4.74 Å². The Balaban J connectivity index is 1.47. The number of esters is 1. The average Bonchev–Trinajstić information content (AvgIpc) is 2.50. The molecule has 0 spiro atoms. The minimum atomic E-state index is -0.700. The summed E-state index contributed by atoms with van der Waals surface area (Å²) in [4.78, 5) is 23.1. The second-order valence-electron chi connectivity index (χ2n) is 7.97. The van der Waals surface area contributed by atoms with Crippen molar-refractivity contribution in [3.05, 3.63) is 39.9 Å². The summed E-state index contributed by atoms with van der Waals surface area (Å²) < 4.78 is 5.52. The van der Waals surface area contributed by atoms with E-state index in [-0.39, 0.29) is 18.3 Å². The molecule has 1 N–H and O–H groups in total. The number of nitro groups is 1. The Bertz CT molecular complexity index is 686. The van der Waals surface area contributed by atoms with Gasteiger partial charge in [0.05, 0.1) is 15.9 Å². The summed E-state index contributed by atoms with van der Waals surface area (Å²) in [6.45, 7) is 0.0377. The first-order valence-corrected chi connectivity index (χ1v) is 8.51. The zero-order valence-electron chi connectivity index (χ0n) is 13.4. The van der Waals surface area contributed by atoms with E-state index in [0.29, 0.717) is 23.8 Å². The summed E-state index contributed by atoms with van der Waals surface area (Å²) in [6, 6.07) is 6.16. The van der Waals surface area contributed by atoms with Crippen molar-refractivity contribution in [1.29, 1.82) is 0 Å². The van der Waals surface area contributed by atoms with Gasteiger partial charge < -0.3 is 9.84 Å². The van der Waals surface area contributed by atoms with Crippen molar-refractivity contribution in [2.75, 3.05) is 0 Å². The maximum atomic E-state index is 12.8. The summed E-state index contributed by atoms with van der Waals surface area (Å²) in [7, 11) is 0. The zero-order chi connectivity index (χ0) is 16.9.